The lowest BCUT2D eigenvalue weighted by Gasteiger charge is -2.28. The molecule has 0 saturated heterocycles. The van der Waals surface area contributed by atoms with Gasteiger partial charge in [0.05, 0.1) is 24.4 Å². The van der Waals surface area contributed by atoms with Gasteiger partial charge in [0.2, 0.25) is 0 Å². The number of nitriles is 1. The highest BCUT2D eigenvalue weighted by Crippen LogP contribution is 2.37. The molecule has 30 heavy (non-hydrogen) atoms. The molecule has 0 aliphatic carbocycles. The number of fused-ring (bicyclic) bond motifs is 1. The smallest absolute Gasteiger partial charge is 0.435 e. The third-order valence-electron chi connectivity index (χ3n) is 4.91. The van der Waals surface area contributed by atoms with E-state index < -0.39 is 17.8 Å². The van der Waals surface area contributed by atoms with Gasteiger partial charge in [0.15, 0.2) is 5.69 Å². The average molecular weight is 412 g/mol. The van der Waals surface area contributed by atoms with Crippen LogP contribution in [-0.2, 0) is 12.6 Å². The second kappa shape index (κ2) is 7.22. The van der Waals surface area contributed by atoms with E-state index in [0.717, 1.165) is 4.68 Å². The number of halogens is 3. The van der Waals surface area contributed by atoms with Gasteiger partial charge in [-0.3, -0.25) is 4.79 Å². The zero-order valence-electron chi connectivity index (χ0n) is 15.8. The Labute approximate surface area is 169 Å². The number of alkyl halides is 3. The Kier molecular flexibility index (Phi) is 4.70. The molecular formula is C21H15F3N4O2. The zero-order chi connectivity index (χ0) is 21.5. The highest BCUT2D eigenvalue weighted by atomic mass is 19.4. The largest absolute Gasteiger partial charge is 0.497 e. The topological polar surface area (TPSA) is 71.2 Å². The molecule has 0 saturated carbocycles. The minimum absolute atomic E-state index is 0.00602. The Hall–Kier alpha value is -3.80. The summed E-state index contributed by atoms with van der Waals surface area (Å²) in [7, 11) is 1.48. The van der Waals surface area contributed by atoms with E-state index in [1.165, 1.54) is 12.0 Å². The Bertz CT molecular complexity index is 1140. The highest BCUT2D eigenvalue weighted by Gasteiger charge is 2.43. The molecule has 0 N–H and O–H groups in total. The second-order valence-corrected chi connectivity index (χ2v) is 6.65. The van der Waals surface area contributed by atoms with Gasteiger partial charge in [-0.15, -0.1) is 0 Å². The van der Waals surface area contributed by atoms with Gasteiger partial charge >= 0.3 is 6.18 Å². The Morgan fingerprint density at radius 3 is 2.27 bits per heavy atom. The van der Waals surface area contributed by atoms with Crippen LogP contribution in [0.2, 0.25) is 0 Å². The number of hydrogen-bond acceptors (Lipinski definition) is 4. The fraction of sp³-hybridized carbons (Fsp3) is 0.190. The van der Waals surface area contributed by atoms with Gasteiger partial charge in [-0.2, -0.15) is 23.5 Å². The molecule has 0 atom stereocenters. The molecule has 4 rings (SSSR count). The number of aromatic nitrogens is 2. The lowest BCUT2D eigenvalue weighted by molar-refractivity contribution is -0.141. The van der Waals surface area contributed by atoms with Crippen molar-refractivity contribution in [2.24, 2.45) is 0 Å². The molecule has 1 aliphatic heterocycles. The molecule has 9 heteroatoms. The summed E-state index contributed by atoms with van der Waals surface area (Å²) in [5.74, 6) is -0.0545. The zero-order valence-corrected chi connectivity index (χ0v) is 15.8. The van der Waals surface area contributed by atoms with Crippen molar-refractivity contribution >= 4 is 11.6 Å². The van der Waals surface area contributed by atoms with Crippen molar-refractivity contribution in [3.63, 3.8) is 0 Å². The van der Waals surface area contributed by atoms with Gasteiger partial charge in [-0.25, -0.2) is 4.68 Å². The van der Waals surface area contributed by atoms with E-state index in [1.807, 2.05) is 6.07 Å². The van der Waals surface area contributed by atoms with Gasteiger partial charge < -0.3 is 9.64 Å². The van der Waals surface area contributed by atoms with E-state index in [4.69, 9.17) is 10.00 Å². The summed E-state index contributed by atoms with van der Waals surface area (Å²) < 4.78 is 46.9. The number of anilines is 1. The van der Waals surface area contributed by atoms with E-state index in [9.17, 15) is 18.0 Å². The van der Waals surface area contributed by atoms with Crippen LogP contribution in [0.3, 0.4) is 0 Å². The standard InChI is InChI=1S/C21H15F3N4O2/c1-30-16-8-6-15(7-9-16)28-18-17(19(26-28)21(22,23)24)10-11-27(20(18)29)14-4-2-13(12-25)3-5-14/h2-9H,10-11H2,1H3. The summed E-state index contributed by atoms with van der Waals surface area (Å²) in [6.45, 7) is 0.0785. The molecule has 3 aromatic rings. The number of carbonyl (C=O) groups excluding carboxylic acids is 1. The first kappa shape index (κ1) is 19.5. The van der Waals surface area contributed by atoms with Crippen LogP contribution in [0.1, 0.15) is 27.3 Å². The lowest BCUT2D eigenvalue weighted by atomic mass is 10.0. The van der Waals surface area contributed by atoms with Crippen molar-refractivity contribution in [1.29, 1.82) is 5.26 Å². The third kappa shape index (κ3) is 3.26. The fourth-order valence-corrected chi connectivity index (χ4v) is 3.46. The Balaban J connectivity index is 1.83. The monoisotopic (exact) mass is 412 g/mol. The van der Waals surface area contributed by atoms with Gasteiger partial charge in [0, 0.05) is 17.8 Å². The SMILES string of the molecule is COc1ccc(-n2nc(C(F)(F)F)c3c2C(=O)N(c2ccc(C#N)cc2)CC3)cc1. The van der Waals surface area contributed by atoms with E-state index in [-0.39, 0.29) is 24.2 Å². The van der Waals surface area contributed by atoms with Gasteiger partial charge in [-0.05, 0) is 55.0 Å². The molecule has 0 fully saturated rings. The van der Waals surface area contributed by atoms with E-state index in [2.05, 4.69) is 5.10 Å². The number of amides is 1. The predicted molar refractivity (Wildman–Crippen MR) is 102 cm³/mol. The van der Waals surface area contributed by atoms with Gasteiger partial charge in [0.25, 0.3) is 5.91 Å². The number of methoxy groups -OCH3 is 1. The minimum Gasteiger partial charge on any atom is -0.497 e. The van der Waals surface area contributed by atoms with Crippen molar-refractivity contribution < 1.29 is 22.7 Å². The molecule has 2 heterocycles. The highest BCUT2D eigenvalue weighted by molar-refractivity contribution is 6.07. The normalized spacial score (nSPS) is 13.7. The predicted octanol–water partition coefficient (Wildman–Crippen LogP) is 3.97. The van der Waals surface area contributed by atoms with Crippen molar-refractivity contribution in [3.8, 4) is 17.5 Å². The fourth-order valence-electron chi connectivity index (χ4n) is 3.46. The number of benzene rings is 2. The summed E-state index contributed by atoms with van der Waals surface area (Å²) in [6, 6.07) is 14.6. The van der Waals surface area contributed by atoms with Crippen molar-refractivity contribution in [2.75, 3.05) is 18.6 Å². The number of hydrogen-bond donors (Lipinski definition) is 0. The first-order chi connectivity index (χ1) is 14.3. The molecule has 1 aliphatic rings. The lowest BCUT2D eigenvalue weighted by Crippen LogP contribution is -2.39. The molecule has 0 spiro atoms. The third-order valence-corrected chi connectivity index (χ3v) is 4.91. The van der Waals surface area contributed by atoms with Crippen LogP contribution < -0.4 is 9.64 Å². The van der Waals surface area contributed by atoms with E-state index in [1.54, 1.807) is 48.5 Å². The van der Waals surface area contributed by atoms with Crippen LogP contribution in [0.5, 0.6) is 5.75 Å². The quantitative estimate of drug-likeness (QED) is 0.653. The number of nitrogens with zero attached hydrogens (tertiary/aromatic N) is 4. The van der Waals surface area contributed by atoms with E-state index in [0.29, 0.717) is 22.7 Å². The maximum atomic E-state index is 13.6. The van der Waals surface area contributed by atoms with Crippen LogP contribution in [0.15, 0.2) is 48.5 Å². The van der Waals surface area contributed by atoms with Gasteiger partial charge in [-0.1, -0.05) is 0 Å². The van der Waals surface area contributed by atoms with Crippen molar-refractivity contribution in [1.82, 2.24) is 9.78 Å². The molecule has 1 amide bonds. The van der Waals surface area contributed by atoms with Crippen LogP contribution in [-0.4, -0.2) is 29.3 Å². The van der Waals surface area contributed by atoms with Crippen LogP contribution in [0, 0.1) is 11.3 Å². The molecule has 0 unspecified atom stereocenters. The Morgan fingerprint density at radius 1 is 1.07 bits per heavy atom. The number of ether oxygens (including phenoxy) is 1. The first-order valence-corrected chi connectivity index (χ1v) is 8.99. The number of carbonyl (C=O) groups is 1. The maximum Gasteiger partial charge on any atom is 0.435 e. The summed E-state index contributed by atoms with van der Waals surface area (Å²) in [6.07, 6.45) is -4.68. The van der Waals surface area contributed by atoms with Crippen molar-refractivity contribution in [3.05, 3.63) is 71.0 Å². The van der Waals surface area contributed by atoms with Gasteiger partial charge in [0.1, 0.15) is 11.4 Å². The summed E-state index contributed by atoms with van der Waals surface area (Å²) >= 11 is 0. The number of rotatable bonds is 3. The van der Waals surface area contributed by atoms with Crippen LogP contribution in [0.25, 0.3) is 5.69 Å². The summed E-state index contributed by atoms with van der Waals surface area (Å²) in [4.78, 5) is 14.6. The van der Waals surface area contributed by atoms with Crippen LogP contribution in [0.4, 0.5) is 18.9 Å². The minimum atomic E-state index is -4.68. The molecule has 2 aromatic carbocycles. The molecule has 0 bridgehead atoms. The average Bonchev–Trinajstić information content (AvgIpc) is 3.15. The molecule has 0 radical (unpaired) electrons. The first-order valence-electron chi connectivity index (χ1n) is 8.99. The molecule has 6 nitrogen and oxygen atoms in total. The Morgan fingerprint density at radius 2 is 1.70 bits per heavy atom. The van der Waals surface area contributed by atoms with E-state index >= 15 is 0 Å². The van der Waals surface area contributed by atoms with Crippen LogP contribution >= 0.6 is 0 Å². The van der Waals surface area contributed by atoms with Crippen molar-refractivity contribution in [2.45, 2.75) is 12.6 Å². The second-order valence-electron chi connectivity index (χ2n) is 6.65. The molecule has 152 valence electrons. The molecular weight excluding hydrogens is 397 g/mol. The summed E-state index contributed by atoms with van der Waals surface area (Å²) in [5, 5.41) is 12.7. The summed E-state index contributed by atoms with van der Waals surface area (Å²) in [5.41, 5.74) is -0.0535. The maximum absolute atomic E-state index is 13.6. The molecule has 1 aromatic heterocycles.